The van der Waals surface area contributed by atoms with Crippen molar-refractivity contribution in [2.75, 3.05) is 19.7 Å². The van der Waals surface area contributed by atoms with Crippen molar-refractivity contribution >= 4 is 5.97 Å². The summed E-state index contributed by atoms with van der Waals surface area (Å²) in [5.41, 5.74) is 0. The fourth-order valence-corrected chi connectivity index (χ4v) is 1.91. The van der Waals surface area contributed by atoms with Gasteiger partial charge in [-0.25, -0.2) is 4.79 Å². The molecule has 1 heterocycles. The molecule has 0 bridgehead atoms. The van der Waals surface area contributed by atoms with Crippen LogP contribution in [-0.4, -0.2) is 37.9 Å². The Kier molecular flexibility index (Phi) is 7.21. The highest BCUT2D eigenvalue weighted by Crippen LogP contribution is 2.09. The first-order valence-electron chi connectivity index (χ1n) is 6.77. The summed E-state index contributed by atoms with van der Waals surface area (Å²) in [7, 11) is 0. The molecule has 2 unspecified atom stereocenters. The van der Waals surface area contributed by atoms with Crippen LogP contribution < -0.4 is 5.32 Å². The molecule has 0 radical (unpaired) electrons. The van der Waals surface area contributed by atoms with Crippen molar-refractivity contribution in [3.8, 4) is 0 Å². The van der Waals surface area contributed by atoms with Gasteiger partial charge >= 0.3 is 5.97 Å². The zero-order chi connectivity index (χ0) is 12.5. The molecule has 1 aliphatic rings. The Hall–Kier alpha value is -0.610. The van der Waals surface area contributed by atoms with Crippen LogP contribution in [0.15, 0.2) is 0 Å². The monoisotopic (exact) mass is 243 g/mol. The van der Waals surface area contributed by atoms with Crippen LogP contribution in [0.3, 0.4) is 0 Å². The predicted molar refractivity (Wildman–Crippen MR) is 66.9 cm³/mol. The Morgan fingerprint density at radius 1 is 1.47 bits per heavy atom. The highest BCUT2D eigenvalue weighted by Gasteiger charge is 2.24. The third-order valence-electron chi connectivity index (χ3n) is 2.97. The van der Waals surface area contributed by atoms with E-state index in [0.29, 0.717) is 13.2 Å². The summed E-state index contributed by atoms with van der Waals surface area (Å²) in [6, 6.07) is 0. The Bertz CT molecular complexity index is 215. The van der Waals surface area contributed by atoms with Gasteiger partial charge in [0.1, 0.15) is 0 Å². The third kappa shape index (κ3) is 6.03. The van der Waals surface area contributed by atoms with Crippen molar-refractivity contribution in [2.45, 2.75) is 58.2 Å². The number of morpholine rings is 1. The fourth-order valence-electron chi connectivity index (χ4n) is 1.91. The minimum Gasteiger partial charge on any atom is -0.461 e. The Labute approximate surface area is 104 Å². The van der Waals surface area contributed by atoms with Gasteiger partial charge in [0.2, 0.25) is 0 Å². The zero-order valence-corrected chi connectivity index (χ0v) is 11.0. The number of unbranched alkanes of at least 4 members (excludes halogenated alkanes) is 3. The molecule has 1 aliphatic heterocycles. The lowest BCUT2D eigenvalue weighted by atomic mass is 10.1. The van der Waals surface area contributed by atoms with Crippen molar-refractivity contribution in [1.82, 2.24) is 5.32 Å². The summed E-state index contributed by atoms with van der Waals surface area (Å²) in [5, 5.41) is 3.12. The number of carbonyl (C=O) groups excluding carboxylic acids is 1. The van der Waals surface area contributed by atoms with Crippen LogP contribution in [-0.2, 0) is 14.3 Å². The molecule has 0 aromatic heterocycles. The van der Waals surface area contributed by atoms with Crippen LogP contribution >= 0.6 is 0 Å². The van der Waals surface area contributed by atoms with Crippen molar-refractivity contribution < 1.29 is 14.3 Å². The Morgan fingerprint density at radius 2 is 2.29 bits per heavy atom. The minimum absolute atomic E-state index is 0.00452. The van der Waals surface area contributed by atoms with Crippen LogP contribution in [0.2, 0.25) is 0 Å². The van der Waals surface area contributed by atoms with Crippen LogP contribution in [0.4, 0.5) is 0 Å². The molecule has 0 aliphatic carbocycles. The van der Waals surface area contributed by atoms with Crippen LogP contribution in [0.25, 0.3) is 0 Å². The normalized spacial score (nSPS) is 22.1. The summed E-state index contributed by atoms with van der Waals surface area (Å²) >= 11 is 0. The maximum atomic E-state index is 11.7. The highest BCUT2D eigenvalue weighted by atomic mass is 16.6. The largest absolute Gasteiger partial charge is 0.461 e. The molecule has 0 aromatic rings. The molecule has 2 atom stereocenters. The molecule has 0 aromatic carbocycles. The summed E-state index contributed by atoms with van der Waals surface area (Å²) in [5.74, 6) is -0.222. The topological polar surface area (TPSA) is 47.6 Å². The van der Waals surface area contributed by atoms with Crippen LogP contribution in [0, 0.1) is 0 Å². The standard InChI is InChI=1S/C13H25NO3/c1-3-4-5-6-7-11(2)17-13(15)12-10-14-8-9-16-12/h11-12,14H,3-10H2,1-2H3. The molecule has 4 nitrogen and oxygen atoms in total. The van der Waals surface area contributed by atoms with E-state index >= 15 is 0 Å². The molecule has 1 saturated heterocycles. The number of nitrogens with one attached hydrogen (secondary N) is 1. The van der Waals surface area contributed by atoms with E-state index in [1.165, 1.54) is 19.3 Å². The molecular formula is C13H25NO3. The number of rotatable bonds is 7. The van der Waals surface area contributed by atoms with E-state index in [1.807, 2.05) is 6.92 Å². The van der Waals surface area contributed by atoms with Gasteiger partial charge in [-0.15, -0.1) is 0 Å². The van der Waals surface area contributed by atoms with Gasteiger partial charge in [-0.2, -0.15) is 0 Å². The van der Waals surface area contributed by atoms with Gasteiger partial charge in [0, 0.05) is 13.1 Å². The van der Waals surface area contributed by atoms with E-state index in [9.17, 15) is 4.79 Å². The maximum Gasteiger partial charge on any atom is 0.336 e. The average Bonchev–Trinajstić information content (AvgIpc) is 2.36. The number of carbonyl (C=O) groups is 1. The molecule has 1 fully saturated rings. The Morgan fingerprint density at radius 3 is 2.94 bits per heavy atom. The molecule has 0 saturated carbocycles. The first-order valence-corrected chi connectivity index (χ1v) is 6.77. The first kappa shape index (κ1) is 14.5. The van der Waals surface area contributed by atoms with Crippen molar-refractivity contribution in [3.63, 3.8) is 0 Å². The van der Waals surface area contributed by atoms with Crippen molar-refractivity contribution in [2.24, 2.45) is 0 Å². The first-order chi connectivity index (χ1) is 8.24. The lowest BCUT2D eigenvalue weighted by Gasteiger charge is -2.23. The van der Waals surface area contributed by atoms with E-state index in [1.54, 1.807) is 0 Å². The smallest absolute Gasteiger partial charge is 0.336 e. The van der Waals surface area contributed by atoms with Gasteiger partial charge in [0.05, 0.1) is 12.7 Å². The lowest BCUT2D eigenvalue weighted by molar-refractivity contribution is -0.163. The van der Waals surface area contributed by atoms with Gasteiger partial charge < -0.3 is 14.8 Å². The molecule has 1 rings (SSSR count). The summed E-state index contributed by atoms with van der Waals surface area (Å²) in [6.45, 7) is 6.12. The second-order valence-corrected chi connectivity index (χ2v) is 4.66. The second kappa shape index (κ2) is 8.48. The Balaban J connectivity index is 2.11. The van der Waals surface area contributed by atoms with E-state index in [-0.39, 0.29) is 12.1 Å². The quantitative estimate of drug-likeness (QED) is 0.548. The van der Waals surface area contributed by atoms with Gasteiger partial charge in [-0.3, -0.25) is 0 Å². The molecule has 17 heavy (non-hydrogen) atoms. The van der Waals surface area contributed by atoms with Gasteiger partial charge in [-0.05, 0) is 19.8 Å². The number of ether oxygens (including phenoxy) is 2. The SMILES string of the molecule is CCCCCCC(C)OC(=O)C1CNCCO1. The van der Waals surface area contributed by atoms with Crippen molar-refractivity contribution in [3.05, 3.63) is 0 Å². The summed E-state index contributed by atoms with van der Waals surface area (Å²) in [4.78, 5) is 11.7. The zero-order valence-electron chi connectivity index (χ0n) is 11.0. The predicted octanol–water partition coefficient (Wildman–Crippen LogP) is 1.88. The maximum absolute atomic E-state index is 11.7. The number of hydrogen-bond donors (Lipinski definition) is 1. The lowest BCUT2D eigenvalue weighted by Crippen LogP contribution is -2.44. The van der Waals surface area contributed by atoms with E-state index < -0.39 is 6.10 Å². The number of hydrogen-bond acceptors (Lipinski definition) is 4. The van der Waals surface area contributed by atoms with Crippen LogP contribution in [0.1, 0.15) is 46.0 Å². The van der Waals surface area contributed by atoms with E-state index in [0.717, 1.165) is 19.4 Å². The van der Waals surface area contributed by atoms with Crippen molar-refractivity contribution in [1.29, 1.82) is 0 Å². The molecular weight excluding hydrogens is 218 g/mol. The van der Waals surface area contributed by atoms with E-state index in [4.69, 9.17) is 9.47 Å². The van der Waals surface area contributed by atoms with Gasteiger partial charge in [-0.1, -0.05) is 26.2 Å². The average molecular weight is 243 g/mol. The van der Waals surface area contributed by atoms with Gasteiger partial charge in [0.25, 0.3) is 0 Å². The summed E-state index contributed by atoms with van der Waals surface area (Å²) < 4.78 is 10.7. The van der Waals surface area contributed by atoms with E-state index in [2.05, 4.69) is 12.2 Å². The molecule has 0 spiro atoms. The minimum atomic E-state index is -0.415. The van der Waals surface area contributed by atoms with Crippen LogP contribution in [0.5, 0.6) is 0 Å². The third-order valence-corrected chi connectivity index (χ3v) is 2.97. The highest BCUT2D eigenvalue weighted by molar-refractivity contribution is 5.75. The molecule has 1 N–H and O–H groups in total. The fraction of sp³-hybridized carbons (Fsp3) is 0.923. The summed E-state index contributed by atoms with van der Waals surface area (Å²) in [6.07, 6.45) is 5.39. The molecule has 4 heteroatoms. The number of esters is 1. The second-order valence-electron chi connectivity index (χ2n) is 4.66. The molecule has 100 valence electrons. The molecule has 0 amide bonds. The van der Waals surface area contributed by atoms with Gasteiger partial charge in [0.15, 0.2) is 6.10 Å².